The molecule has 1 saturated heterocycles. The normalized spacial score (nSPS) is 24.2. The summed E-state index contributed by atoms with van der Waals surface area (Å²) < 4.78 is 11.6. The van der Waals surface area contributed by atoms with Gasteiger partial charge in [0.15, 0.2) is 0 Å². The van der Waals surface area contributed by atoms with E-state index in [2.05, 4.69) is 11.4 Å². The zero-order valence-electron chi connectivity index (χ0n) is 12.9. The van der Waals surface area contributed by atoms with E-state index in [4.69, 9.17) is 21.1 Å². The van der Waals surface area contributed by atoms with Crippen molar-refractivity contribution in [2.24, 2.45) is 0 Å². The fraction of sp³-hybridized carbons (Fsp3) is 0.647. The van der Waals surface area contributed by atoms with Crippen LogP contribution < -0.4 is 10.1 Å². The third-order valence-electron chi connectivity index (χ3n) is 4.85. The summed E-state index contributed by atoms with van der Waals surface area (Å²) in [6.07, 6.45) is 7.17. The molecule has 21 heavy (non-hydrogen) atoms. The summed E-state index contributed by atoms with van der Waals surface area (Å²) in [5.41, 5.74) is 2.24. The van der Waals surface area contributed by atoms with Crippen LogP contribution in [0, 0.1) is 6.92 Å². The number of methoxy groups -OCH3 is 1. The minimum Gasteiger partial charge on any atom is -0.495 e. The molecule has 0 radical (unpaired) electrons. The zero-order chi connectivity index (χ0) is 14.9. The minimum atomic E-state index is 0.130. The maximum atomic E-state index is 6.18. The van der Waals surface area contributed by atoms with Gasteiger partial charge in [-0.2, -0.15) is 0 Å². The molecule has 3 nitrogen and oxygen atoms in total. The molecule has 1 atom stereocenters. The van der Waals surface area contributed by atoms with Gasteiger partial charge in [0.05, 0.1) is 18.4 Å². The quantitative estimate of drug-likeness (QED) is 0.888. The van der Waals surface area contributed by atoms with Crippen LogP contribution >= 0.6 is 11.6 Å². The molecule has 1 heterocycles. The van der Waals surface area contributed by atoms with Crippen molar-refractivity contribution in [1.82, 2.24) is 0 Å². The summed E-state index contributed by atoms with van der Waals surface area (Å²) >= 11 is 6.18. The first-order valence-corrected chi connectivity index (χ1v) is 8.24. The largest absolute Gasteiger partial charge is 0.495 e. The lowest BCUT2D eigenvalue weighted by Gasteiger charge is -2.39. The van der Waals surface area contributed by atoms with Gasteiger partial charge in [-0.3, -0.25) is 0 Å². The molecule has 1 unspecified atom stereocenters. The molecule has 1 spiro atoms. The molecular weight excluding hydrogens is 286 g/mol. The van der Waals surface area contributed by atoms with Gasteiger partial charge >= 0.3 is 0 Å². The summed E-state index contributed by atoms with van der Waals surface area (Å²) in [4.78, 5) is 0. The standard InChI is InChI=1S/C17H24ClNO2/c1-12-9-15(16(20-2)10-14(12)18)19-13-5-8-21-17(11-13)6-3-4-7-17/h9-10,13,19H,3-8,11H2,1-2H3. The van der Waals surface area contributed by atoms with Gasteiger partial charge in [-0.25, -0.2) is 0 Å². The van der Waals surface area contributed by atoms with E-state index in [0.717, 1.165) is 41.5 Å². The highest BCUT2D eigenvalue weighted by atomic mass is 35.5. The number of ether oxygens (including phenoxy) is 2. The van der Waals surface area contributed by atoms with E-state index in [9.17, 15) is 0 Å². The fourth-order valence-corrected chi connectivity index (χ4v) is 3.84. The van der Waals surface area contributed by atoms with Crippen molar-refractivity contribution < 1.29 is 9.47 Å². The van der Waals surface area contributed by atoms with Crippen LogP contribution in [0.1, 0.15) is 44.1 Å². The third kappa shape index (κ3) is 3.14. The van der Waals surface area contributed by atoms with E-state index < -0.39 is 0 Å². The van der Waals surface area contributed by atoms with E-state index in [-0.39, 0.29) is 5.60 Å². The molecule has 0 amide bonds. The second-order valence-corrected chi connectivity index (χ2v) is 6.78. The molecule has 3 rings (SSSR count). The van der Waals surface area contributed by atoms with Gasteiger partial charge in [0.25, 0.3) is 0 Å². The van der Waals surface area contributed by atoms with Gasteiger partial charge in [0, 0.05) is 23.7 Å². The summed E-state index contributed by atoms with van der Waals surface area (Å²) in [6.45, 7) is 2.88. The lowest BCUT2D eigenvalue weighted by Crippen LogP contribution is -2.42. The Morgan fingerprint density at radius 1 is 1.33 bits per heavy atom. The Kier molecular flexibility index (Phi) is 4.32. The molecule has 1 saturated carbocycles. The number of benzene rings is 1. The predicted molar refractivity (Wildman–Crippen MR) is 86.5 cm³/mol. The minimum absolute atomic E-state index is 0.130. The number of anilines is 1. The van der Waals surface area contributed by atoms with Gasteiger partial charge in [-0.1, -0.05) is 24.4 Å². The zero-order valence-corrected chi connectivity index (χ0v) is 13.6. The first-order valence-electron chi connectivity index (χ1n) is 7.86. The molecule has 1 aromatic carbocycles. The first kappa shape index (κ1) is 15.0. The van der Waals surface area contributed by atoms with Crippen molar-refractivity contribution in [1.29, 1.82) is 0 Å². The van der Waals surface area contributed by atoms with Crippen LogP contribution in [0.4, 0.5) is 5.69 Å². The van der Waals surface area contributed by atoms with Crippen molar-refractivity contribution in [3.05, 3.63) is 22.7 Å². The Morgan fingerprint density at radius 2 is 2.10 bits per heavy atom. The number of halogens is 1. The van der Waals surface area contributed by atoms with E-state index in [1.54, 1.807) is 7.11 Å². The molecule has 2 fully saturated rings. The van der Waals surface area contributed by atoms with Gasteiger partial charge in [-0.05, 0) is 44.2 Å². The molecule has 1 N–H and O–H groups in total. The van der Waals surface area contributed by atoms with E-state index in [1.165, 1.54) is 25.7 Å². The van der Waals surface area contributed by atoms with Crippen LogP contribution in [-0.4, -0.2) is 25.4 Å². The highest BCUT2D eigenvalue weighted by Crippen LogP contribution is 2.41. The molecule has 2 aliphatic rings. The Bertz CT molecular complexity index is 512. The Balaban J connectivity index is 1.75. The lowest BCUT2D eigenvalue weighted by molar-refractivity contribution is -0.0767. The fourth-order valence-electron chi connectivity index (χ4n) is 3.68. The molecule has 1 aromatic rings. The van der Waals surface area contributed by atoms with Crippen molar-refractivity contribution in [2.45, 2.75) is 57.1 Å². The van der Waals surface area contributed by atoms with Gasteiger partial charge in [-0.15, -0.1) is 0 Å². The van der Waals surface area contributed by atoms with Crippen molar-refractivity contribution >= 4 is 17.3 Å². The van der Waals surface area contributed by atoms with E-state index in [1.807, 2.05) is 13.0 Å². The summed E-state index contributed by atoms with van der Waals surface area (Å²) in [5, 5.41) is 4.40. The maximum absolute atomic E-state index is 6.18. The van der Waals surface area contributed by atoms with Gasteiger partial charge < -0.3 is 14.8 Å². The van der Waals surface area contributed by atoms with Crippen LogP contribution in [-0.2, 0) is 4.74 Å². The average Bonchev–Trinajstić information content (AvgIpc) is 2.90. The van der Waals surface area contributed by atoms with Crippen LogP contribution in [0.25, 0.3) is 0 Å². The van der Waals surface area contributed by atoms with Crippen LogP contribution in [0.5, 0.6) is 5.75 Å². The Morgan fingerprint density at radius 3 is 2.81 bits per heavy atom. The number of nitrogens with one attached hydrogen (secondary N) is 1. The first-order chi connectivity index (χ1) is 10.1. The summed E-state index contributed by atoms with van der Waals surface area (Å²) in [5.74, 6) is 0.817. The Labute approximate surface area is 132 Å². The molecule has 1 aliphatic carbocycles. The van der Waals surface area contributed by atoms with Gasteiger partial charge in [0.2, 0.25) is 0 Å². The molecule has 4 heteroatoms. The van der Waals surface area contributed by atoms with Crippen molar-refractivity contribution in [2.75, 3.05) is 19.0 Å². The lowest BCUT2D eigenvalue weighted by atomic mass is 9.89. The average molecular weight is 310 g/mol. The van der Waals surface area contributed by atoms with Crippen molar-refractivity contribution in [3.8, 4) is 5.75 Å². The summed E-state index contributed by atoms with van der Waals surface area (Å²) in [6, 6.07) is 4.42. The highest BCUT2D eigenvalue weighted by Gasteiger charge is 2.40. The molecule has 0 bridgehead atoms. The van der Waals surface area contributed by atoms with Crippen LogP contribution in [0.2, 0.25) is 5.02 Å². The SMILES string of the molecule is COc1cc(Cl)c(C)cc1NC1CCOC2(CCCC2)C1. The number of hydrogen-bond acceptors (Lipinski definition) is 3. The van der Waals surface area contributed by atoms with Crippen LogP contribution in [0.3, 0.4) is 0 Å². The predicted octanol–water partition coefficient (Wildman–Crippen LogP) is 4.56. The van der Waals surface area contributed by atoms with Crippen molar-refractivity contribution in [3.63, 3.8) is 0 Å². The number of rotatable bonds is 3. The molecule has 0 aromatic heterocycles. The highest BCUT2D eigenvalue weighted by molar-refractivity contribution is 6.31. The van der Waals surface area contributed by atoms with Crippen LogP contribution in [0.15, 0.2) is 12.1 Å². The molecule has 116 valence electrons. The monoisotopic (exact) mass is 309 g/mol. The number of aryl methyl sites for hydroxylation is 1. The molecular formula is C17H24ClNO2. The smallest absolute Gasteiger partial charge is 0.143 e. The summed E-state index contributed by atoms with van der Waals surface area (Å²) in [7, 11) is 1.69. The van der Waals surface area contributed by atoms with E-state index in [0.29, 0.717) is 6.04 Å². The topological polar surface area (TPSA) is 30.5 Å². The maximum Gasteiger partial charge on any atom is 0.143 e. The van der Waals surface area contributed by atoms with E-state index >= 15 is 0 Å². The van der Waals surface area contributed by atoms with Gasteiger partial charge in [0.1, 0.15) is 5.75 Å². The third-order valence-corrected chi connectivity index (χ3v) is 5.26. The second-order valence-electron chi connectivity index (χ2n) is 6.37. The Hall–Kier alpha value is -0.930. The molecule has 1 aliphatic heterocycles. The second kappa shape index (κ2) is 6.05. The number of hydrogen-bond donors (Lipinski definition) is 1.